The lowest BCUT2D eigenvalue weighted by atomic mass is 9.92. The second-order valence-electron chi connectivity index (χ2n) is 4.58. The monoisotopic (exact) mass is 198 g/mol. The van der Waals surface area contributed by atoms with E-state index in [1.807, 2.05) is 0 Å². The second kappa shape index (κ2) is 6.41. The average Bonchev–Trinajstić information content (AvgIpc) is 2.26. The van der Waals surface area contributed by atoms with Crippen molar-refractivity contribution in [1.82, 2.24) is 10.6 Å². The highest BCUT2D eigenvalue weighted by atomic mass is 15.0. The predicted octanol–water partition coefficient (Wildman–Crippen LogP) is 2.15. The Hall–Kier alpha value is -0.0800. The van der Waals surface area contributed by atoms with Crippen molar-refractivity contribution >= 4 is 0 Å². The minimum absolute atomic E-state index is 0.674. The summed E-state index contributed by atoms with van der Waals surface area (Å²) >= 11 is 0. The van der Waals surface area contributed by atoms with E-state index in [-0.39, 0.29) is 0 Å². The first-order chi connectivity index (χ1) is 6.77. The van der Waals surface area contributed by atoms with Gasteiger partial charge < -0.3 is 10.6 Å². The predicted molar refractivity (Wildman–Crippen MR) is 62.6 cm³/mol. The molecule has 1 heterocycles. The lowest BCUT2D eigenvalue weighted by molar-refractivity contribution is 0.273. The molecule has 0 spiro atoms. The largest absolute Gasteiger partial charge is 0.316 e. The standard InChI is InChI=1S/C12H26N2/c1-4-12(5-2)14-10(3)11-7-6-8-13-9-11/h10-14H,4-9H2,1-3H3. The highest BCUT2D eigenvalue weighted by molar-refractivity contribution is 4.80. The van der Waals surface area contributed by atoms with Gasteiger partial charge in [0.1, 0.15) is 0 Å². The maximum atomic E-state index is 3.75. The third kappa shape index (κ3) is 3.58. The Bertz CT molecular complexity index is 137. The Morgan fingerprint density at radius 1 is 1.36 bits per heavy atom. The van der Waals surface area contributed by atoms with E-state index in [0.717, 1.165) is 5.92 Å². The van der Waals surface area contributed by atoms with Crippen molar-refractivity contribution in [2.75, 3.05) is 13.1 Å². The normalized spacial score (nSPS) is 25.3. The van der Waals surface area contributed by atoms with Gasteiger partial charge in [0.05, 0.1) is 0 Å². The number of hydrogen-bond donors (Lipinski definition) is 2. The Morgan fingerprint density at radius 2 is 2.07 bits per heavy atom. The molecule has 84 valence electrons. The molecule has 2 nitrogen and oxygen atoms in total. The van der Waals surface area contributed by atoms with E-state index < -0.39 is 0 Å². The van der Waals surface area contributed by atoms with Crippen LogP contribution in [0.15, 0.2) is 0 Å². The van der Waals surface area contributed by atoms with Crippen molar-refractivity contribution in [2.24, 2.45) is 5.92 Å². The van der Waals surface area contributed by atoms with E-state index >= 15 is 0 Å². The highest BCUT2D eigenvalue weighted by Crippen LogP contribution is 2.15. The zero-order valence-corrected chi connectivity index (χ0v) is 9.97. The Balaban J connectivity index is 2.27. The smallest absolute Gasteiger partial charge is 0.00817 e. The van der Waals surface area contributed by atoms with Gasteiger partial charge in [0.25, 0.3) is 0 Å². The Morgan fingerprint density at radius 3 is 2.57 bits per heavy atom. The summed E-state index contributed by atoms with van der Waals surface area (Å²) in [5.41, 5.74) is 0. The molecule has 2 heteroatoms. The lowest BCUT2D eigenvalue weighted by Crippen LogP contribution is -2.45. The van der Waals surface area contributed by atoms with Crippen LogP contribution in [0.2, 0.25) is 0 Å². The molecule has 14 heavy (non-hydrogen) atoms. The van der Waals surface area contributed by atoms with Gasteiger partial charge in [-0.1, -0.05) is 13.8 Å². The van der Waals surface area contributed by atoms with Gasteiger partial charge in [-0.25, -0.2) is 0 Å². The number of nitrogens with one attached hydrogen (secondary N) is 2. The van der Waals surface area contributed by atoms with Crippen LogP contribution in [-0.2, 0) is 0 Å². The first-order valence-corrected chi connectivity index (χ1v) is 6.24. The number of rotatable bonds is 5. The molecule has 0 bridgehead atoms. The van der Waals surface area contributed by atoms with Crippen LogP contribution >= 0.6 is 0 Å². The first kappa shape index (κ1) is 12.0. The van der Waals surface area contributed by atoms with Gasteiger partial charge in [0, 0.05) is 12.1 Å². The SMILES string of the molecule is CCC(CC)NC(C)C1CCCNC1. The van der Waals surface area contributed by atoms with E-state index in [1.54, 1.807) is 0 Å². The topological polar surface area (TPSA) is 24.1 Å². The Kier molecular flexibility index (Phi) is 5.49. The van der Waals surface area contributed by atoms with Gasteiger partial charge in [-0.15, -0.1) is 0 Å². The van der Waals surface area contributed by atoms with E-state index in [1.165, 1.54) is 38.8 Å². The zero-order valence-electron chi connectivity index (χ0n) is 9.97. The van der Waals surface area contributed by atoms with Crippen molar-refractivity contribution in [3.63, 3.8) is 0 Å². The molecular formula is C12H26N2. The van der Waals surface area contributed by atoms with Gasteiger partial charge in [0.15, 0.2) is 0 Å². The fourth-order valence-corrected chi connectivity index (χ4v) is 2.34. The molecule has 1 aliphatic heterocycles. The average molecular weight is 198 g/mol. The fraction of sp³-hybridized carbons (Fsp3) is 1.00. The van der Waals surface area contributed by atoms with Crippen LogP contribution < -0.4 is 10.6 Å². The van der Waals surface area contributed by atoms with Crippen LogP contribution in [0.3, 0.4) is 0 Å². The summed E-state index contributed by atoms with van der Waals surface area (Å²) in [4.78, 5) is 0. The van der Waals surface area contributed by atoms with Gasteiger partial charge >= 0.3 is 0 Å². The summed E-state index contributed by atoms with van der Waals surface area (Å²) in [5, 5.41) is 7.23. The summed E-state index contributed by atoms with van der Waals surface area (Å²) < 4.78 is 0. The molecular weight excluding hydrogens is 172 g/mol. The summed E-state index contributed by atoms with van der Waals surface area (Å²) in [6, 6.07) is 1.39. The lowest BCUT2D eigenvalue weighted by Gasteiger charge is -2.31. The van der Waals surface area contributed by atoms with Crippen LogP contribution in [-0.4, -0.2) is 25.2 Å². The molecule has 0 aromatic heterocycles. The molecule has 0 amide bonds. The molecule has 2 unspecified atom stereocenters. The molecule has 1 saturated heterocycles. The van der Waals surface area contributed by atoms with E-state index in [2.05, 4.69) is 31.4 Å². The van der Waals surface area contributed by atoms with Crippen molar-refractivity contribution in [2.45, 2.75) is 58.5 Å². The van der Waals surface area contributed by atoms with E-state index in [0.29, 0.717) is 12.1 Å². The summed E-state index contributed by atoms with van der Waals surface area (Å²) in [5.74, 6) is 0.837. The summed E-state index contributed by atoms with van der Waals surface area (Å²) in [7, 11) is 0. The third-order valence-corrected chi connectivity index (χ3v) is 3.53. The molecule has 0 radical (unpaired) electrons. The van der Waals surface area contributed by atoms with E-state index in [9.17, 15) is 0 Å². The third-order valence-electron chi connectivity index (χ3n) is 3.53. The molecule has 0 saturated carbocycles. The number of piperidine rings is 1. The van der Waals surface area contributed by atoms with Gasteiger partial charge in [0.2, 0.25) is 0 Å². The molecule has 1 rings (SSSR count). The van der Waals surface area contributed by atoms with Gasteiger partial charge in [-0.3, -0.25) is 0 Å². The molecule has 2 N–H and O–H groups in total. The minimum Gasteiger partial charge on any atom is -0.316 e. The quantitative estimate of drug-likeness (QED) is 0.707. The fourth-order valence-electron chi connectivity index (χ4n) is 2.34. The van der Waals surface area contributed by atoms with Crippen molar-refractivity contribution < 1.29 is 0 Å². The van der Waals surface area contributed by atoms with Crippen LogP contribution in [0.25, 0.3) is 0 Å². The second-order valence-corrected chi connectivity index (χ2v) is 4.58. The minimum atomic E-state index is 0.674. The summed E-state index contributed by atoms with van der Waals surface area (Å²) in [6.07, 6.45) is 5.24. The highest BCUT2D eigenvalue weighted by Gasteiger charge is 2.20. The number of hydrogen-bond acceptors (Lipinski definition) is 2. The van der Waals surface area contributed by atoms with Crippen LogP contribution in [0, 0.1) is 5.92 Å². The van der Waals surface area contributed by atoms with Crippen molar-refractivity contribution in [3.05, 3.63) is 0 Å². The molecule has 2 atom stereocenters. The van der Waals surface area contributed by atoms with Crippen molar-refractivity contribution in [3.8, 4) is 0 Å². The molecule has 0 aromatic carbocycles. The molecule has 0 aromatic rings. The van der Waals surface area contributed by atoms with E-state index in [4.69, 9.17) is 0 Å². The molecule has 1 aliphatic rings. The maximum absolute atomic E-state index is 3.75. The first-order valence-electron chi connectivity index (χ1n) is 6.24. The van der Waals surface area contributed by atoms with Gasteiger partial charge in [-0.05, 0) is 51.6 Å². The van der Waals surface area contributed by atoms with Gasteiger partial charge in [-0.2, -0.15) is 0 Å². The zero-order chi connectivity index (χ0) is 10.4. The molecule has 0 aliphatic carbocycles. The summed E-state index contributed by atoms with van der Waals surface area (Å²) in [6.45, 7) is 9.30. The van der Waals surface area contributed by atoms with Crippen molar-refractivity contribution in [1.29, 1.82) is 0 Å². The van der Waals surface area contributed by atoms with Crippen LogP contribution in [0.1, 0.15) is 46.5 Å². The Labute approximate surface area is 88.8 Å². The molecule has 1 fully saturated rings. The maximum Gasteiger partial charge on any atom is 0.00817 e. The van der Waals surface area contributed by atoms with Crippen LogP contribution in [0.4, 0.5) is 0 Å². The van der Waals surface area contributed by atoms with Crippen LogP contribution in [0.5, 0.6) is 0 Å².